The molecule has 1 amide bonds. The first kappa shape index (κ1) is 14.7. The SMILES string of the molecule is CCS(=O)(=O)CC(=O)NC1=CC(C)=C(C)CC=C1. The fourth-order valence-electron chi connectivity index (χ4n) is 1.50. The number of sulfone groups is 1. The molecule has 0 heterocycles. The van der Waals surface area contributed by atoms with E-state index in [1.165, 1.54) is 12.5 Å². The van der Waals surface area contributed by atoms with E-state index in [4.69, 9.17) is 0 Å². The first-order chi connectivity index (χ1) is 8.34. The minimum atomic E-state index is -3.28. The van der Waals surface area contributed by atoms with Crippen molar-refractivity contribution in [3.63, 3.8) is 0 Å². The number of carbonyl (C=O) groups is 1. The summed E-state index contributed by atoms with van der Waals surface area (Å²) in [5.41, 5.74) is 2.96. The van der Waals surface area contributed by atoms with E-state index in [0.717, 1.165) is 12.0 Å². The lowest BCUT2D eigenvalue weighted by atomic mass is 10.1. The lowest BCUT2D eigenvalue weighted by Gasteiger charge is -2.06. The van der Waals surface area contributed by atoms with E-state index in [2.05, 4.69) is 5.32 Å². The largest absolute Gasteiger partial charge is 0.325 e. The zero-order valence-corrected chi connectivity index (χ0v) is 11.8. The molecule has 0 bridgehead atoms. The van der Waals surface area contributed by atoms with Crippen LogP contribution in [0.5, 0.6) is 0 Å². The van der Waals surface area contributed by atoms with E-state index < -0.39 is 21.5 Å². The van der Waals surface area contributed by atoms with Crippen LogP contribution in [0.25, 0.3) is 0 Å². The molecule has 18 heavy (non-hydrogen) atoms. The summed E-state index contributed by atoms with van der Waals surface area (Å²) >= 11 is 0. The summed E-state index contributed by atoms with van der Waals surface area (Å²) in [6.07, 6.45) is 6.45. The van der Waals surface area contributed by atoms with E-state index in [1.54, 1.807) is 6.08 Å². The molecule has 0 unspecified atom stereocenters. The van der Waals surface area contributed by atoms with Gasteiger partial charge in [0.25, 0.3) is 0 Å². The molecule has 1 aliphatic carbocycles. The second kappa shape index (κ2) is 6.00. The Morgan fingerprint density at radius 1 is 1.39 bits per heavy atom. The predicted octanol–water partition coefficient (Wildman–Crippen LogP) is 1.72. The van der Waals surface area contributed by atoms with E-state index in [9.17, 15) is 13.2 Å². The zero-order chi connectivity index (χ0) is 13.8. The molecule has 0 aromatic rings. The van der Waals surface area contributed by atoms with Gasteiger partial charge in [0.05, 0.1) is 0 Å². The van der Waals surface area contributed by atoms with Gasteiger partial charge in [-0.3, -0.25) is 4.79 Å². The number of nitrogens with one attached hydrogen (secondary N) is 1. The van der Waals surface area contributed by atoms with E-state index in [-0.39, 0.29) is 5.75 Å². The van der Waals surface area contributed by atoms with E-state index >= 15 is 0 Å². The lowest BCUT2D eigenvalue weighted by Crippen LogP contribution is -2.30. The molecule has 0 spiro atoms. The Kier molecular flexibility index (Phi) is 4.90. The number of hydrogen-bond donors (Lipinski definition) is 1. The molecule has 0 saturated carbocycles. The highest BCUT2D eigenvalue weighted by Crippen LogP contribution is 2.15. The standard InChI is InChI=1S/C13H19NO3S/c1-4-18(16,17)9-13(15)14-12-7-5-6-10(2)11(3)8-12/h5,7-8H,4,6,9H2,1-3H3,(H,14,15). The minimum absolute atomic E-state index is 0.0205. The second-order valence-corrected chi connectivity index (χ2v) is 6.75. The Morgan fingerprint density at radius 2 is 2.06 bits per heavy atom. The molecular weight excluding hydrogens is 250 g/mol. The molecule has 4 nitrogen and oxygen atoms in total. The van der Waals surface area contributed by atoms with Crippen LogP contribution in [0.15, 0.2) is 35.1 Å². The summed E-state index contributed by atoms with van der Waals surface area (Å²) in [4.78, 5) is 11.6. The van der Waals surface area contributed by atoms with Crippen LogP contribution >= 0.6 is 0 Å². The van der Waals surface area contributed by atoms with Gasteiger partial charge in [-0.15, -0.1) is 0 Å². The van der Waals surface area contributed by atoms with Gasteiger partial charge in [0.1, 0.15) is 5.75 Å². The van der Waals surface area contributed by atoms with Gasteiger partial charge in [-0.25, -0.2) is 8.42 Å². The Labute approximate surface area is 108 Å². The van der Waals surface area contributed by atoms with Gasteiger partial charge in [0.15, 0.2) is 9.84 Å². The Bertz CT molecular complexity index is 524. The lowest BCUT2D eigenvalue weighted by molar-refractivity contribution is -0.117. The molecule has 1 rings (SSSR count). The Morgan fingerprint density at radius 3 is 2.67 bits per heavy atom. The molecule has 0 aromatic heterocycles. The van der Waals surface area contributed by atoms with Crippen molar-refractivity contribution in [3.8, 4) is 0 Å². The number of hydrogen-bond acceptors (Lipinski definition) is 3. The molecule has 0 saturated heterocycles. The molecule has 5 heteroatoms. The summed E-state index contributed by atoms with van der Waals surface area (Å²) < 4.78 is 22.7. The van der Waals surface area contributed by atoms with Crippen LogP contribution < -0.4 is 5.32 Å². The minimum Gasteiger partial charge on any atom is -0.325 e. The highest BCUT2D eigenvalue weighted by Gasteiger charge is 2.14. The first-order valence-corrected chi connectivity index (χ1v) is 7.71. The molecule has 100 valence electrons. The van der Waals surface area contributed by atoms with Crippen molar-refractivity contribution in [2.45, 2.75) is 27.2 Å². The van der Waals surface area contributed by atoms with Gasteiger partial charge in [-0.2, -0.15) is 0 Å². The maximum atomic E-state index is 11.6. The van der Waals surface area contributed by atoms with Crippen molar-refractivity contribution in [1.82, 2.24) is 5.32 Å². The van der Waals surface area contributed by atoms with Crippen LogP contribution in [-0.4, -0.2) is 25.8 Å². The molecule has 0 fully saturated rings. The zero-order valence-electron chi connectivity index (χ0n) is 11.0. The van der Waals surface area contributed by atoms with E-state index in [0.29, 0.717) is 5.70 Å². The van der Waals surface area contributed by atoms with Crippen molar-refractivity contribution < 1.29 is 13.2 Å². The molecule has 0 atom stereocenters. The number of carbonyl (C=O) groups excluding carboxylic acids is 1. The fourth-order valence-corrected chi connectivity index (χ4v) is 2.18. The summed E-state index contributed by atoms with van der Waals surface area (Å²) in [5, 5.41) is 2.62. The van der Waals surface area contributed by atoms with Gasteiger partial charge in [-0.1, -0.05) is 18.6 Å². The van der Waals surface area contributed by atoms with Gasteiger partial charge in [-0.05, 0) is 38.0 Å². The van der Waals surface area contributed by atoms with Gasteiger partial charge < -0.3 is 5.32 Å². The monoisotopic (exact) mass is 269 g/mol. The highest BCUT2D eigenvalue weighted by molar-refractivity contribution is 7.92. The fraction of sp³-hybridized carbons (Fsp3) is 0.462. The van der Waals surface area contributed by atoms with Crippen LogP contribution in [0.2, 0.25) is 0 Å². The van der Waals surface area contributed by atoms with Crippen molar-refractivity contribution in [2.24, 2.45) is 0 Å². The summed E-state index contributed by atoms with van der Waals surface area (Å²) in [7, 11) is -3.28. The van der Waals surface area contributed by atoms with Crippen molar-refractivity contribution in [1.29, 1.82) is 0 Å². The van der Waals surface area contributed by atoms with Gasteiger partial charge >= 0.3 is 0 Å². The molecule has 0 aliphatic heterocycles. The molecule has 0 radical (unpaired) electrons. The van der Waals surface area contributed by atoms with Crippen molar-refractivity contribution >= 4 is 15.7 Å². The van der Waals surface area contributed by atoms with Crippen molar-refractivity contribution in [3.05, 3.63) is 35.1 Å². The summed E-state index contributed by atoms with van der Waals surface area (Å²) in [5.74, 6) is -0.968. The quantitative estimate of drug-likeness (QED) is 0.845. The molecule has 1 aliphatic rings. The third-order valence-corrected chi connectivity index (χ3v) is 4.42. The third kappa shape index (κ3) is 4.49. The van der Waals surface area contributed by atoms with E-state index in [1.807, 2.05) is 26.0 Å². The van der Waals surface area contributed by atoms with Crippen LogP contribution in [0, 0.1) is 0 Å². The highest BCUT2D eigenvalue weighted by atomic mass is 32.2. The van der Waals surface area contributed by atoms with Gasteiger partial charge in [0.2, 0.25) is 5.91 Å². The van der Waals surface area contributed by atoms with Crippen LogP contribution in [0.3, 0.4) is 0 Å². The number of allylic oxidation sites excluding steroid dienone is 5. The van der Waals surface area contributed by atoms with Crippen LogP contribution in [-0.2, 0) is 14.6 Å². The maximum Gasteiger partial charge on any atom is 0.239 e. The first-order valence-electron chi connectivity index (χ1n) is 5.89. The normalized spacial score (nSPS) is 16.3. The Hall–Kier alpha value is -1.36. The molecular formula is C13H19NO3S. The molecule has 1 N–H and O–H groups in total. The summed E-state index contributed by atoms with van der Waals surface area (Å²) in [6, 6.07) is 0. The molecule has 0 aromatic carbocycles. The smallest absolute Gasteiger partial charge is 0.239 e. The van der Waals surface area contributed by atoms with Gasteiger partial charge in [0, 0.05) is 11.4 Å². The summed E-state index contributed by atoms with van der Waals surface area (Å²) in [6.45, 7) is 5.53. The van der Waals surface area contributed by atoms with Crippen molar-refractivity contribution in [2.75, 3.05) is 11.5 Å². The van der Waals surface area contributed by atoms with Crippen LogP contribution in [0.1, 0.15) is 27.2 Å². The second-order valence-electron chi connectivity index (χ2n) is 4.39. The number of amides is 1. The number of rotatable bonds is 4. The predicted molar refractivity (Wildman–Crippen MR) is 72.7 cm³/mol. The average molecular weight is 269 g/mol. The maximum absolute atomic E-state index is 11.6. The third-order valence-electron chi connectivity index (χ3n) is 2.84. The topological polar surface area (TPSA) is 63.2 Å². The Balaban J connectivity index is 2.74. The average Bonchev–Trinajstić information content (AvgIpc) is 2.41. The van der Waals surface area contributed by atoms with Crippen LogP contribution in [0.4, 0.5) is 0 Å².